The van der Waals surface area contributed by atoms with Crippen molar-refractivity contribution in [1.82, 2.24) is 13.9 Å². The summed E-state index contributed by atoms with van der Waals surface area (Å²) in [7, 11) is 0. The number of imidazole rings is 1. The van der Waals surface area contributed by atoms with Gasteiger partial charge in [0.05, 0.1) is 6.33 Å². The summed E-state index contributed by atoms with van der Waals surface area (Å²) in [5.41, 5.74) is 3.43. The second kappa shape index (κ2) is 9.15. The average Bonchev–Trinajstić information content (AvgIpc) is 3.18. The normalized spacial score (nSPS) is 17.0. The van der Waals surface area contributed by atoms with Crippen LogP contribution in [0.25, 0.3) is 0 Å². The highest BCUT2D eigenvalue weighted by Gasteiger charge is 2.31. The molecule has 1 atom stereocenters. The molecule has 0 saturated carbocycles. The van der Waals surface area contributed by atoms with Crippen LogP contribution in [0.1, 0.15) is 11.1 Å². The van der Waals surface area contributed by atoms with E-state index in [0.717, 1.165) is 28.7 Å². The lowest BCUT2D eigenvalue weighted by Crippen LogP contribution is -2.43. The third-order valence-corrected chi connectivity index (χ3v) is 6.58. The molecule has 2 aromatic carbocycles. The predicted octanol–water partition coefficient (Wildman–Crippen LogP) is 4.38. The third-order valence-electron chi connectivity index (χ3n) is 5.19. The van der Waals surface area contributed by atoms with Gasteiger partial charge in [0.25, 0.3) is 0 Å². The van der Waals surface area contributed by atoms with Gasteiger partial charge in [0.2, 0.25) is 5.91 Å². The Morgan fingerprint density at radius 3 is 2.79 bits per heavy atom. The lowest BCUT2D eigenvalue weighted by molar-refractivity contribution is -0.119. The van der Waals surface area contributed by atoms with E-state index in [-0.39, 0.29) is 18.5 Å². The Hall–Kier alpha value is -2.09. The first kappa shape index (κ1) is 20.2. The van der Waals surface area contributed by atoms with E-state index in [0.29, 0.717) is 6.54 Å². The molecule has 1 aliphatic rings. The lowest BCUT2D eigenvalue weighted by Gasteiger charge is -2.30. The van der Waals surface area contributed by atoms with Crippen molar-refractivity contribution in [3.63, 3.8) is 0 Å². The van der Waals surface area contributed by atoms with E-state index in [1.165, 1.54) is 5.56 Å². The van der Waals surface area contributed by atoms with E-state index < -0.39 is 0 Å². The van der Waals surface area contributed by atoms with Crippen molar-refractivity contribution in [2.75, 3.05) is 17.7 Å². The van der Waals surface area contributed by atoms with Crippen LogP contribution in [0.5, 0.6) is 0 Å². The summed E-state index contributed by atoms with van der Waals surface area (Å²) in [4.78, 5) is 19.3. The maximum absolute atomic E-state index is 13.3. The highest BCUT2D eigenvalue weighted by Crippen LogP contribution is 2.33. The molecule has 1 amide bonds. The summed E-state index contributed by atoms with van der Waals surface area (Å²) in [6, 6.07) is 16.9. The molecule has 2 heterocycles. The Bertz CT molecular complexity index is 964. The quantitative estimate of drug-likeness (QED) is 0.518. The summed E-state index contributed by atoms with van der Waals surface area (Å²) < 4.78 is 5.24. The fraction of sp³-hybridized carbons (Fsp3) is 0.273. The van der Waals surface area contributed by atoms with Gasteiger partial charge in [0.1, 0.15) is 6.54 Å². The predicted molar refractivity (Wildman–Crippen MR) is 122 cm³/mol. The van der Waals surface area contributed by atoms with Crippen LogP contribution in [0, 0.1) is 0 Å². The summed E-state index contributed by atoms with van der Waals surface area (Å²) in [5.74, 6) is 0.0765. The van der Waals surface area contributed by atoms with Crippen LogP contribution in [0.3, 0.4) is 0 Å². The van der Waals surface area contributed by atoms with Crippen molar-refractivity contribution in [1.29, 1.82) is 0 Å². The van der Waals surface area contributed by atoms with Crippen molar-refractivity contribution in [2.45, 2.75) is 25.6 Å². The number of aromatic nitrogens is 2. The molecule has 0 N–H and O–H groups in total. The topological polar surface area (TPSA) is 41.4 Å². The number of carbonyl (C=O) groups is 1. The van der Waals surface area contributed by atoms with E-state index in [4.69, 9.17) is 0 Å². The lowest BCUT2D eigenvalue weighted by atomic mass is 10.1. The number of rotatable bonds is 5. The first-order valence-electron chi connectivity index (χ1n) is 9.53. The molecular weight excluding hydrogens is 448 g/mol. The Balaban J connectivity index is 1.67. The SMILES string of the molecule is CSN1Cc2cc(Br)ccc2N(C(=O)Cn2ccnc2)C[C@H]1Cc1ccccc1. The van der Waals surface area contributed by atoms with Gasteiger partial charge < -0.3 is 9.47 Å². The summed E-state index contributed by atoms with van der Waals surface area (Å²) in [5, 5.41) is 0. The molecule has 5 nitrogen and oxygen atoms in total. The van der Waals surface area contributed by atoms with Gasteiger partial charge in [-0.15, -0.1) is 0 Å². The minimum Gasteiger partial charge on any atom is -0.328 e. The highest BCUT2D eigenvalue weighted by molar-refractivity contribution is 9.10. The molecule has 150 valence electrons. The zero-order valence-electron chi connectivity index (χ0n) is 16.2. The van der Waals surface area contributed by atoms with Crippen molar-refractivity contribution in [3.8, 4) is 0 Å². The molecule has 0 spiro atoms. The first-order valence-corrected chi connectivity index (χ1v) is 11.5. The maximum Gasteiger partial charge on any atom is 0.247 e. The second-order valence-corrected chi connectivity index (χ2v) is 8.86. The van der Waals surface area contributed by atoms with Gasteiger partial charge in [-0.3, -0.25) is 4.79 Å². The van der Waals surface area contributed by atoms with Crippen molar-refractivity contribution in [2.24, 2.45) is 0 Å². The zero-order valence-corrected chi connectivity index (χ0v) is 18.6. The van der Waals surface area contributed by atoms with Gasteiger partial charge >= 0.3 is 0 Å². The summed E-state index contributed by atoms with van der Waals surface area (Å²) >= 11 is 5.33. The van der Waals surface area contributed by atoms with E-state index in [1.54, 1.807) is 24.5 Å². The van der Waals surface area contributed by atoms with Crippen LogP contribution in [-0.2, 0) is 24.3 Å². The van der Waals surface area contributed by atoms with Gasteiger partial charge in [-0.25, -0.2) is 9.29 Å². The number of nitrogens with zero attached hydrogens (tertiary/aromatic N) is 4. The average molecular weight is 471 g/mol. The molecule has 0 saturated heterocycles. The molecule has 29 heavy (non-hydrogen) atoms. The number of hydrogen-bond donors (Lipinski definition) is 0. The second-order valence-electron chi connectivity index (χ2n) is 7.11. The van der Waals surface area contributed by atoms with Gasteiger partial charge in [0, 0.05) is 41.7 Å². The smallest absolute Gasteiger partial charge is 0.247 e. The number of fused-ring (bicyclic) bond motifs is 1. The van der Waals surface area contributed by atoms with Gasteiger partial charge in [-0.05, 0) is 42.0 Å². The van der Waals surface area contributed by atoms with Crippen molar-refractivity contribution in [3.05, 3.63) is 82.9 Å². The maximum atomic E-state index is 13.3. The Labute approximate surface area is 184 Å². The van der Waals surface area contributed by atoms with Gasteiger partial charge in [0.15, 0.2) is 0 Å². The number of amides is 1. The number of halogens is 1. The number of anilines is 1. The molecule has 3 aromatic rings. The van der Waals surface area contributed by atoms with E-state index >= 15 is 0 Å². The monoisotopic (exact) mass is 470 g/mol. The molecular formula is C22H23BrN4OS. The fourth-order valence-electron chi connectivity index (χ4n) is 3.77. The highest BCUT2D eigenvalue weighted by atomic mass is 79.9. The molecule has 1 aliphatic heterocycles. The molecule has 0 radical (unpaired) electrons. The third kappa shape index (κ3) is 4.74. The molecule has 0 fully saturated rings. The van der Waals surface area contributed by atoms with Crippen LogP contribution in [0.15, 0.2) is 71.7 Å². The first-order chi connectivity index (χ1) is 14.1. The van der Waals surface area contributed by atoms with E-state index in [2.05, 4.69) is 67.9 Å². The van der Waals surface area contributed by atoms with Crippen LogP contribution in [0.4, 0.5) is 5.69 Å². The Kier molecular flexibility index (Phi) is 6.37. The van der Waals surface area contributed by atoms with Crippen molar-refractivity contribution >= 4 is 39.5 Å². The molecule has 0 aliphatic carbocycles. The van der Waals surface area contributed by atoms with Gasteiger partial charge in [-0.2, -0.15) is 0 Å². The van der Waals surface area contributed by atoms with E-state index in [1.807, 2.05) is 27.8 Å². The standard InChI is InChI=1S/C22H23BrN4OS/c1-29-27-13-18-12-19(23)7-8-21(18)26(22(28)15-25-10-9-24-16-25)14-20(27)11-17-5-3-2-4-6-17/h2-10,12,16,20H,11,13-15H2,1H3/t20-/m1/s1. The number of hydrogen-bond acceptors (Lipinski definition) is 4. The Morgan fingerprint density at radius 2 is 2.07 bits per heavy atom. The van der Waals surface area contributed by atoms with Gasteiger partial charge in [-0.1, -0.05) is 58.2 Å². The zero-order chi connectivity index (χ0) is 20.2. The minimum atomic E-state index is 0.0765. The summed E-state index contributed by atoms with van der Waals surface area (Å²) in [6.45, 7) is 1.73. The van der Waals surface area contributed by atoms with E-state index in [9.17, 15) is 4.79 Å². The largest absolute Gasteiger partial charge is 0.328 e. The van der Waals surface area contributed by atoms with Crippen LogP contribution in [-0.4, -0.2) is 38.6 Å². The minimum absolute atomic E-state index is 0.0765. The molecule has 1 aromatic heterocycles. The molecule has 7 heteroatoms. The summed E-state index contributed by atoms with van der Waals surface area (Å²) in [6.07, 6.45) is 8.22. The molecule has 0 unspecified atom stereocenters. The van der Waals surface area contributed by atoms with Crippen LogP contribution < -0.4 is 4.90 Å². The Morgan fingerprint density at radius 1 is 1.24 bits per heavy atom. The number of benzene rings is 2. The van der Waals surface area contributed by atoms with Crippen molar-refractivity contribution < 1.29 is 4.79 Å². The fourth-order valence-corrected chi connectivity index (χ4v) is 4.88. The molecule has 4 rings (SSSR count). The number of carbonyl (C=O) groups excluding carboxylic acids is 1. The van der Waals surface area contributed by atoms with Crippen LogP contribution >= 0.6 is 27.9 Å². The molecule has 0 bridgehead atoms. The van der Waals surface area contributed by atoms with Crippen LogP contribution in [0.2, 0.25) is 0 Å².